The summed E-state index contributed by atoms with van der Waals surface area (Å²) in [5, 5.41) is 7.35. The van der Waals surface area contributed by atoms with E-state index in [9.17, 15) is 4.79 Å². The molecule has 3 aromatic rings. The lowest BCUT2D eigenvalue weighted by Gasteiger charge is -2.27. The number of fused-ring (bicyclic) bond motifs is 1. The van der Waals surface area contributed by atoms with Crippen molar-refractivity contribution in [3.8, 4) is 0 Å². The van der Waals surface area contributed by atoms with Crippen LogP contribution >= 0.6 is 0 Å². The minimum atomic E-state index is 0.215. The Morgan fingerprint density at radius 1 is 1.09 bits per heavy atom. The van der Waals surface area contributed by atoms with E-state index in [4.69, 9.17) is 9.72 Å². The Hall–Kier alpha value is -3.20. The monoisotopic (exact) mass is 449 g/mol. The van der Waals surface area contributed by atoms with Gasteiger partial charge in [-0.15, -0.1) is 0 Å². The van der Waals surface area contributed by atoms with Crippen LogP contribution in [0.4, 0.5) is 17.5 Å². The van der Waals surface area contributed by atoms with Crippen LogP contribution in [0.25, 0.3) is 11.0 Å². The van der Waals surface area contributed by atoms with E-state index >= 15 is 0 Å². The zero-order valence-corrected chi connectivity index (χ0v) is 18.9. The summed E-state index contributed by atoms with van der Waals surface area (Å²) in [5.41, 5.74) is 1.73. The summed E-state index contributed by atoms with van der Waals surface area (Å²) >= 11 is 0. The molecule has 5 rings (SSSR count). The standard InChI is InChI=1S/C24H31N7O2/c32-23(18-4-1-2-5-18)25-9-3-10-31-11-8-19-16-27-24(29-22(19)31)28-20-6-7-21(26-17-20)30-12-14-33-15-13-30/h6-8,11,16-18H,1-5,9-10,12-15H2,(H,25,32)(H,27,28,29). The molecular weight excluding hydrogens is 418 g/mol. The molecule has 4 heterocycles. The Balaban J connectivity index is 1.17. The average Bonchev–Trinajstić information content (AvgIpc) is 3.53. The molecule has 1 aliphatic heterocycles. The number of rotatable bonds is 8. The predicted molar refractivity (Wildman–Crippen MR) is 128 cm³/mol. The van der Waals surface area contributed by atoms with Crippen LogP contribution < -0.4 is 15.5 Å². The number of aryl methyl sites for hydroxylation is 1. The molecule has 0 bridgehead atoms. The van der Waals surface area contributed by atoms with E-state index in [1.165, 1.54) is 12.8 Å². The lowest BCUT2D eigenvalue weighted by Crippen LogP contribution is -2.36. The van der Waals surface area contributed by atoms with Crippen LogP contribution in [0.2, 0.25) is 0 Å². The molecule has 174 valence electrons. The van der Waals surface area contributed by atoms with Crippen LogP contribution in [-0.4, -0.2) is 58.3 Å². The Morgan fingerprint density at radius 3 is 2.73 bits per heavy atom. The number of anilines is 3. The summed E-state index contributed by atoms with van der Waals surface area (Å²) < 4.78 is 7.52. The smallest absolute Gasteiger partial charge is 0.229 e. The number of amides is 1. The van der Waals surface area contributed by atoms with Gasteiger partial charge in [0.2, 0.25) is 11.9 Å². The molecule has 1 amide bonds. The SMILES string of the molecule is O=C(NCCCn1ccc2cnc(Nc3ccc(N4CCOCC4)nc3)nc21)C1CCCC1. The van der Waals surface area contributed by atoms with Crippen LogP contribution in [0.3, 0.4) is 0 Å². The second-order valence-corrected chi connectivity index (χ2v) is 8.74. The highest BCUT2D eigenvalue weighted by Crippen LogP contribution is 2.24. The molecule has 3 aromatic heterocycles. The van der Waals surface area contributed by atoms with Gasteiger partial charge in [0.05, 0.1) is 25.1 Å². The lowest BCUT2D eigenvalue weighted by molar-refractivity contribution is -0.124. The van der Waals surface area contributed by atoms with Crippen LogP contribution in [0, 0.1) is 5.92 Å². The first kappa shape index (κ1) is 21.6. The molecule has 0 atom stereocenters. The molecule has 2 fully saturated rings. The molecule has 0 radical (unpaired) electrons. The van der Waals surface area contributed by atoms with E-state index in [-0.39, 0.29) is 11.8 Å². The summed E-state index contributed by atoms with van der Waals surface area (Å²) in [6.45, 7) is 4.68. The van der Waals surface area contributed by atoms with Crippen molar-refractivity contribution in [2.75, 3.05) is 43.1 Å². The maximum Gasteiger partial charge on any atom is 0.229 e. The fraction of sp³-hybridized carbons (Fsp3) is 0.500. The third kappa shape index (κ3) is 5.24. The first-order valence-electron chi connectivity index (χ1n) is 11.9. The van der Waals surface area contributed by atoms with Crippen molar-refractivity contribution in [2.24, 2.45) is 5.92 Å². The van der Waals surface area contributed by atoms with Crippen molar-refractivity contribution in [1.82, 2.24) is 24.8 Å². The highest BCUT2D eigenvalue weighted by molar-refractivity contribution is 5.79. The number of nitrogens with one attached hydrogen (secondary N) is 2. The number of aromatic nitrogens is 4. The number of carbonyl (C=O) groups excluding carboxylic acids is 1. The second kappa shape index (κ2) is 10.2. The van der Waals surface area contributed by atoms with Gasteiger partial charge in [-0.25, -0.2) is 9.97 Å². The van der Waals surface area contributed by atoms with Crippen molar-refractivity contribution in [2.45, 2.75) is 38.6 Å². The number of morpholine rings is 1. The van der Waals surface area contributed by atoms with Gasteiger partial charge in [0, 0.05) is 49.9 Å². The third-order valence-electron chi connectivity index (χ3n) is 6.44. The van der Waals surface area contributed by atoms with Gasteiger partial charge < -0.3 is 24.8 Å². The Labute approximate surface area is 193 Å². The van der Waals surface area contributed by atoms with Crippen LogP contribution in [0.5, 0.6) is 0 Å². The van der Waals surface area contributed by atoms with Gasteiger partial charge >= 0.3 is 0 Å². The fourth-order valence-corrected chi connectivity index (χ4v) is 4.57. The topological polar surface area (TPSA) is 97.2 Å². The average molecular weight is 450 g/mol. The molecule has 0 unspecified atom stereocenters. The van der Waals surface area contributed by atoms with Crippen LogP contribution in [0.1, 0.15) is 32.1 Å². The largest absolute Gasteiger partial charge is 0.378 e. The lowest BCUT2D eigenvalue weighted by atomic mass is 10.1. The number of ether oxygens (including phenoxy) is 1. The minimum absolute atomic E-state index is 0.215. The molecule has 1 aliphatic carbocycles. The number of hydrogen-bond donors (Lipinski definition) is 2. The van der Waals surface area contributed by atoms with E-state index < -0.39 is 0 Å². The van der Waals surface area contributed by atoms with Crippen molar-refractivity contribution in [1.29, 1.82) is 0 Å². The Morgan fingerprint density at radius 2 is 1.94 bits per heavy atom. The quantitative estimate of drug-likeness (QED) is 0.510. The van der Waals surface area contributed by atoms with E-state index in [0.29, 0.717) is 12.5 Å². The molecule has 33 heavy (non-hydrogen) atoms. The highest BCUT2D eigenvalue weighted by Gasteiger charge is 2.21. The van der Waals surface area contributed by atoms with Gasteiger partial charge in [0.1, 0.15) is 11.5 Å². The summed E-state index contributed by atoms with van der Waals surface area (Å²) in [4.78, 5) is 28.1. The van der Waals surface area contributed by atoms with Crippen molar-refractivity contribution >= 4 is 34.4 Å². The summed E-state index contributed by atoms with van der Waals surface area (Å²) in [6, 6.07) is 6.03. The van der Waals surface area contributed by atoms with Gasteiger partial charge in [-0.1, -0.05) is 12.8 Å². The molecule has 1 saturated heterocycles. The van der Waals surface area contributed by atoms with Crippen molar-refractivity contribution < 1.29 is 9.53 Å². The van der Waals surface area contributed by atoms with Crippen molar-refractivity contribution in [3.63, 3.8) is 0 Å². The van der Waals surface area contributed by atoms with Gasteiger partial charge in [-0.05, 0) is 37.5 Å². The van der Waals surface area contributed by atoms with Gasteiger partial charge in [-0.2, -0.15) is 4.98 Å². The molecule has 9 nitrogen and oxygen atoms in total. The maximum atomic E-state index is 12.2. The summed E-state index contributed by atoms with van der Waals surface area (Å²) in [7, 11) is 0. The van der Waals surface area contributed by atoms with Gasteiger partial charge in [0.15, 0.2) is 0 Å². The zero-order chi connectivity index (χ0) is 22.5. The molecule has 0 aromatic carbocycles. The Bertz CT molecular complexity index is 1070. The number of hydrogen-bond acceptors (Lipinski definition) is 7. The van der Waals surface area contributed by atoms with Gasteiger partial charge in [0.25, 0.3) is 0 Å². The highest BCUT2D eigenvalue weighted by atomic mass is 16.5. The maximum absolute atomic E-state index is 12.2. The Kier molecular flexibility index (Phi) is 6.66. The first-order chi connectivity index (χ1) is 16.3. The number of pyridine rings is 1. The van der Waals surface area contributed by atoms with E-state index in [0.717, 1.165) is 74.6 Å². The number of nitrogens with zero attached hydrogens (tertiary/aromatic N) is 5. The zero-order valence-electron chi connectivity index (χ0n) is 18.9. The summed E-state index contributed by atoms with van der Waals surface area (Å²) in [6.07, 6.45) is 11.0. The van der Waals surface area contributed by atoms with Crippen molar-refractivity contribution in [3.05, 3.63) is 36.8 Å². The van der Waals surface area contributed by atoms with Crippen LogP contribution in [0.15, 0.2) is 36.8 Å². The molecule has 0 spiro atoms. The van der Waals surface area contributed by atoms with E-state index in [1.807, 2.05) is 36.8 Å². The minimum Gasteiger partial charge on any atom is -0.378 e. The second-order valence-electron chi connectivity index (χ2n) is 8.74. The molecule has 9 heteroatoms. The van der Waals surface area contributed by atoms with E-state index in [1.54, 1.807) is 0 Å². The molecule has 2 N–H and O–H groups in total. The number of carbonyl (C=O) groups is 1. The molecule has 2 aliphatic rings. The third-order valence-corrected chi connectivity index (χ3v) is 6.44. The predicted octanol–water partition coefficient (Wildman–Crippen LogP) is 3.10. The van der Waals surface area contributed by atoms with Gasteiger partial charge in [-0.3, -0.25) is 4.79 Å². The van der Waals surface area contributed by atoms with E-state index in [2.05, 4.69) is 30.1 Å². The molecular formula is C24H31N7O2. The van der Waals surface area contributed by atoms with Crippen LogP contribution in [-0.2, 0) is 16.1 Å². The fourth-order valence-electron chi connectivity index (χ4n) is 4.57. The summed E-state index contributed by atoms with van der Waals surface area (Å²) in [5.74, 6) is 1.93. The normalized spacial score (nSPS) is 16.9. The molecule has 1 saturated carbocycles. The first-order valence-corrected chi connectivity index (χ1v) is 11.9.